The highest BCUT2D eigenvalue weighted by molar-refractivity contribution is 6.07. The second-order valence-corrected chi connectivity index (χ2v) is 6.40. The Labute approximate surface area is 140 Å². The molecular formula is C18H22N4O2. The van der Waals surface area contributed by atoms with Crippen molar-refractivity contribution in [2.24, 2.45) is 5.92 Å². The van der Waals surface area contributed by atoms with Crippen LogP contribution in [0.25, 0.3) is 21.9 Å². The number of fused-ring (bicyclic) bond motifs is 3. The highest BCUT2D eigenvalue weighted by Gasteiger charge is 2.15. The van der Waals surface area contributed by atoms with Gasteiger partial charge in [-0.2, -0.15) is 0 Å². The molecule has 0 aliphatic heterocycles. The zero-order valence-corrected chi connectivity index (χ0v) is 14.2. The van der Waals surface area contributed by atoms with Crippen LogP contribution in [0.2, 0.25) is 0 Å². The van der Waals surface area contributed by atoms with Crippen LogP contribution >= 0.6 is 0 Å². The number of hydrogen-bond donors (Lipinski definition) is 2. The summed E-state index contributed by atoms with van der Waals surface area (Å²) in [6, 6.07) is 6.10. The number of pyridine rings is 1. The molecule has 0 aliphatic carbocycles. The molecule has 126 valence electrons. The minimum absolute atomic E-state index is 0.291. The lowest BCUT2D eigenvalue weighted by atomic mass is 9.98. The van der Waals surface area contributed by atoms with Crippen LogP contribution in [0.5, 0.6) is 0 Å². The van der Waals surface area contributed by atoms with E-state index in [-0.39, 0.29) is 5.97 Å². The average Bonchev–Trinajstić information content (AvgIpc) is 2.91. The van der Waals surface area contributed by atoms with Gasteiger partial charge in [0.1, 0.15) is 11.3 Å². The molecule has 0 radical (unpaired) electrons. The number of carbonyl (C=O) groups is 1. The zero-order chi connectivity index (χ0) is 17.3. The lowest BCUT2D eigenvalue weighted by Gasteiger charge is -2.10. The molecule has 3 N–H and O–H groups in total. The number of imidazole rings is 1. The van der Waals surface area contributed by atoms with E-state index in [1.54, 1.807) is 0 Å². The first-order valence-electron chi connectivity index (χ1n) is 8.14. The summed E-state index contributed by atoms with van der Waals surface area (Å²) in [6.45, 7) is 6.07. The summed E-state index contributed by atoms with van der Waals surface area (Å²) in [6.07, 6.45) is 1.47. The third-order valence-electron chi connectivity index (χ3n) is 3.89. The number of rotatable bonds is 5. The van der Waals surface area contributed by atoms with Crippen LogP contribution in [0.3, 0.4) is 0 Å². The van der Waals surface area contributed by atoms with E-state index in [2.05, 4.69) is 34.9 Å². The molecular weight excluding hydrogens is 304 g/mol. The summed E-state index contributed by atoms with van der Waals surface area (Å²) in [4.78, 5) is 23.3. The number of carbonyl (C=O) groups excluding carboxylic acids is 1. The number of anilines is 1. The van der Waals surface area contributed by atoms with Gasteiger partial charge in [0, 0.05) is 18.7 Å². The van der Waals surface area contributed by atoms with Crippen molar-refractivity contribution in [2.45, 2.75) is 33.6 Å². The van der Waals surface area contributed by atoms with Gasteiger partial charge in [-0.25, -0.2) is 9.97 Å². The molecule has 1 aromatic carbocycles. The molecule has 0 saturated heterocycles. The molecule has 3 rings (SSSR count). The van der Waals surface area contributed by atoms with E-state index in [1.807, 2.05) is 12.1 Å². The number of esters is 1. The second kappa shape index (κ2) is 6.47. The van der Waals surface area contributed by atoms with Crippen molar-refractivity contribution in [1.29, 1.82) is 0 Å². The SMILES string of the molecule is CC(=O)OCCc1nc2c(N)nc3cccc(CC(C)C)c3c2[nH]1. The van der Waals surface area contributed by atoms with Crippen molar-refractivity contribution in [2.75, 3.05) is 12.3 Å². The maximum atomic E-state index is 10.9. The Morgan fingerprint density at radius 3 is 2.83 bits per heavy atom. The molecule has 6 nitrogen and oxygen atoms in total. The molecule has 0 bridgehead atoms. The van der Waals surface area contributed by atoms with E-state index < -0.39 is 0 Å². The first kappa shape index (κ1) is 16.2. The van der Waals surface area contributed by atoms with Crippen LogP contribution in [-0.4, -0.2) is 27.5 Å². The van der Waals surface area contributed by atoms with Gasteiger partial charge in [0.05, 0.1) is 17.6 Å². The number of nitrogens with one attached hydrogen (secondary N) is 1. The van der Waals surface area contributed by atoms with Gasteiger partial charge in [-0.1, -0.05) is 26.0 Å². The predicted octanol–water partition coefficient (Wildman–Crippen LogP) is 3.00. The number of H-pyrrole nitrogens is 1. The Morgan fingerprint density at radius 2 is 2.12 bits per heavy atom. The lowest BCUT2D eigenvalue weighted by Crippen LogP contribution is -2.04. The standard InChI is InChI=1S/C18H22N4O2/c1-10(2)9-12-5-4-6-13-15(12)16-17(18(19)20-13)22-14(21-16)7-8-24-11(3)23/h4-6,10H,7-9H2,1-3H3,(H2,19,20)(H,21,22). The van der Waals surface area contributed by atoms with E-state index in [0.29, 0.717) is 30.3 Å². The Bertz CT molecular complexity index is 899. The van der Waals surface area contributed by atoms with Crippen LogP contribution in [0, 0.1) is 5.92 Å². The number of nitrogens with zero attached hydrogens (tertiary/aromatic N) is 2. The largest absolute Gasteiger partial charge is 0.465 e. The van der Waals surface area contributed by atoms with Crippen molar-refractivity contribution in [3.05, 3.63) is 29.6 Å². The van der Waals surface area contributed by atoms with Crippen LogP contribution in [0.1, 0.15) is 32.2 Å². The summed E-state index contributed by atoms with van der Waals surface area (Å²) in [7, 11) is 0. The molecule has 0 amide bonds. The highest BCUT2D eigenvalue weighted by Crippen LogP contribution is 2.30. The number of nitrogens with two attached hydrogens (primary N) is 1. The third kappa shape index (κ3) is 3.18. The Kier molecular flexibility index (Phi) is 4.38. The number of benzene rings is 1. The zero-order valence-electron chi connectivity index (χ0n) is 14.2. The van der Waals surface area contributed by atoms with E-state index in [1.165, 1.54) is 12.5 Å². The highest BCUT2D eigenvalue weighted by atomic mass is 16.5. The van der Waals surface area contributed by atoms with Crippen LogP contribution in [0.4, 0.5) is 5.82 Å². The first-order chi connectivity index (χ1) is 11.5. The Balaban J connectivity index is 2.10. The van der Waals surface area contributed by atoms with Crippen molar-refractivity contribution in [1.82, 2.24) is 15.0 Å². The molecule has 0 unspecified atom stereocenters. The van der Waals surface area contributed by atoms with Crippen molar-refractivity contribution in [3.8, 4) is 0 Å². The normalized spacial score (nSPS) is 11.5. The second-order valence-electron chi connectivity index (χ2n) is 6.40. The summed E-state index contributed by atoms with van der Waals surface area (Å²) >= 11 is 0. The van der Waals surface area contributed by atoms with E-state index in [0.717, 1.165) is 28.7 Å². The fraction of sp³-hybridized carbons (Fsp3) is 0.389. The van der Waals surface area contributed by atoms with Crippen molar-refractivity contribution < 1.29 is 9.53 Å². The maximum Gasteiger partial charge on any atom is 0.302 e. The summed E-state index contributed by atoms with van der Waals surface area (Å²) in [5.41, 5.74) is 9.77. The molecule has 2 heterocycles. The molecule has 0 fully saturated rings. The van der Waals surface area contributed by atoms with Gasteiger partial charge in [0.15, 0.2) is 5.82 Å². The first-order valence-corrected chi connectivity index (χ1v) is 8.14. The number of ether oxygens (including phenoxy) is 1. The van der Waals surface area contributed by atoms with Crippen molar-refractivity contribution >= 4 is 33.7 Å². The average molecular weight is 326 g/mol. The fourth-order valence-corrected chi connectivity index (χ4v) is 2.96. The topological polar surface area (TPSA) is 93.9 Å². The number of hydrogen-bond acceptors (Lipinski definition) is 5. The molecule has 6 heteroatoms. The minimum atomic E-state index is -0.294. The van der Waals surface area contributed by atoms with Crippen LogP contribution in [0.15, 0.2) is 18.2 Å². The minimum Gasteiger partial charge on any atom is -0.465 e. The number of aromatic nitrogens is 3. The molecule has 0 spiro atoms. The van der Waals surface area contributed by atoms with Crippen LogP contribution < -0.4 is 5.73 Å². The van der Waals surface area contributed by atoms with Gasteiger partial charge >= 0.3 is 5.97 Å². The molecule has 3 aromatic rings. The van der Waals surface area contributed by atoms with E-state index in [9.17, 15) is 4.79 Å². The molecule has 2 aromatic heterocycles. The maximum absolute atomic E-state index is 10.9. The van der Waals surface area contributed by atoms with Gasteiger partial charge in [0.25, 0.3) is 0 Å². The van der Waals surface area contributed by atoms with Crippen LogP contribution in [-0.2, 0) is 22.4 Å². The summed E-state index contributed by atoms with van der Waals surface area (Å²) in [5, 5.41) is 1.07. The van der Waals surface area contributed by atoms with Gasteiger partial charge in [-0.15, -0.1) is 0 Å². The van der Waals surface area contributed by atoms with Gasteiger partial charge in [-0.05, 0) is 24.0 Å². The molecule has 0 atom stereocenters. The molecule has 0 aliphatic rings. The van der Waals surface area contributed by atoms with Crippen molar-refractivity contribution in [3.63, 3.8) is 0 Å². The smallest absolute Gasteiger partial charge is 0.302 e. The number of nitrogen functional groups attached to an aromatic ring is 1. The van der Waals surface area contributed by atoms with Gasteiger partial charge < -0.3 is 15.5 Å². The van der Waals surface area contributed by atoms with E-state index >= 15 is 0 Å². The van der Waals surface area contributed by atoms with Gasteiger partial charge in [-0.3, -0.25) is 4.79 Å². The summed E-state index contributed by atoms with van der Waals surface area (Å²) in [5.74, 6) is 1.40. The van der Waals surface area contributed by atoms with E-state index in [4.69, 9.17) is 10.5 Å². The predicted molar refractivity (Wildman–Crippen MR) is 94.7 cm³/mol. The molecule has 24 heavy (non-hydrogen) atoms. The third-order valence-corrected chi connectivity index (χ3v) is 3.89. The lowest BCUT2D eigenvalue weighted by molar-refractivity contribution is -0.140. The Hall–Kier alpha value is -2.63. The fourth-order valence-electron chi connectivity index (χ4n) is 2.96. The summed E-state index contributed by atoms with van der Waals surface area (Å²) < 4.78 is 4.99. The Morgan fingerprint density at radius 1 is 1.33 bits per heavy atom. The van der Waals surface area contributed by atoms with Gasteiger partial charge in [0.2, 0.25) is 0 Å². The quantitative estimate of drug-likeness (QED) is 0.703. The number of aromatic amines is 1. The molecule has 0 saturated carbocycles. The monoisotopic (exact) mass is 326 g/mol.